The molecule has 1 aromatic rings. The molecule has 3 nitrogen and oxygen atoms in total. The molecular weight excluding hydrogens is 321 g/mol. The Balaban J connectivity index is 1.74. The van der Waals surface area contributed by atoms with E-state index in [9.17, 15) is 4.39 Å². The van der Waals surface area contributed by atoms with Gasteiger partial charge in [0.15, 0.2) is 0 Å². The molecule has 0 aliphatic carbocycles. The third kappa shape index (κ3) is 4.52. The van der Waals surface area contributed by atoms with Crippen LogP contribution in [0.5, 0.6) is 0 Å². The molecule has 1 saturated heterocycles. The van der Waals surface area contributed by atoms with E-state index in [4.69, 9.17) is 0 Å². The summed E-state index contributed by atoms with van der Waals surface area (Å²) < 4.78 is 13.7. The third-order valence-corrected chi connectivity index (χ3v) is 4.53. The molecule has 1 heterocycles. The van der Waals surface area contributed by atoms with E-state index in [1.807, 2.05) is 12.1 Å². The number of nitrogens with zero attached hydrogens (tertiary/aromatic N) is 2. The average Bonchev–Trinajstić information content (AvgIpc) is 2.44. The SMILES string of the molecule is CC(NCCN1CCN(C)CC1)c1ccc(F)c(Br)c1. The standard InChI is InChI=1S/C15H23BrFN3/c1-12(13-3-4-15(17)14(16)11-13)18-5-6-20-9-7-19(2)8-10-20/h3-4,11-12,18H,5-10H2,1-2H3. The van der Waals surface area contributed by atoms with Crippen molar-refractivity contribution < 1.29 is 4.39 Å². The second-order valence-corrected chi connectivity index (χ2v) is 6.35. The topological polar surface area (TPSA) is 18.5 Å². The van der Waals surface area contributed by atoms with Crippen molar-refractivity contribution >= 4 is 15.9 Å². The first-order chi connectivity index (χ1) is 9.56. The van der Waals surface area contributed by atoms with Crippen molar-refractivity contribution in [3.05, 3.63) is 34.1 Å². The number of hydrogen-bond donors (Lipinski definition) is 1. The number of halogens is 2. The lowest BCUT2D eigenvalue weighted by atomic mass is 10.1. The van der Waals surface area contributed by atoms with Gasteiger partial charge in [-0.1, -0.05) is 6.07 Å². The number of likely N-dealkylation sites (N-methyl/N-ethyl adjacent to an activating group) is 1. The van der Waals surface area contributed by atoms with Crippen LogP contribution in [0.25, 0.3) is 0 Å². The molecule has 1 aliphatic rings. The van der Waals surface area contributed by atoms with Crippen LogP contribution in [0.15, 0.2) is 22.7 Å². The number of nitrogens with one attached hydrogen (secondary N) is 1. The van der Waals surface area contributed by atoms with Crippen LogP contribution in [0.1, 0.15) is 18.5 Å². The predicted octanol–water partition coefficient (Wildman–Crippen LogP) is 2.49. The molecule has 0 bridgehead atoms. The molecule has 112 valence electrons. The molecule has 0 radical (unpaired) electrons. The average molecular weight is 344 g/mol. The molecule has 0 saturated carbocycles. The van der Waals surface area contributed by atoms with Crippen LogP contribution in [0.3, 0.4) is 0 Å². The van der Waals surface area contributed by atoms with Crippen LogP contribution in [0.2, 0.25) is 0 Å². The van der Waals surface area contributed by atoms with Crippen LogP contribution in [-0.4, -0.2) is 56.1 Å². The Morgan fingerprint density at radius 1 is 1.30 bits per heavy atom. The van der Waals surface area contributed by atoms with E-state index in [2.05, 4.69) is 45.0 Å². The van der Waals surface area contributed by atoms with Gasteiger partial charge in [-0.2, -0.15) is 0 Å². The lowest BCUT2D eigenvalue weighted by molar-refractivity contribution is 0.154. The number of hydrogen-bond acceptors (Lipinski definition) is 3. The minimum atomic E-state index is -0.210. The summed E-state index contributed by atoms with van der Waals surface area (Å²) in [4.78, 5) is 4.85. The maximum absolute atomic E-state index is 13.2. The summed E-state index contributed by atoms with van der Waals surface area (Å²) in [6.45, 7) is 8.74. The van der Waals surface area contributed by atoms with Crippen molar-refractivity contribution in [2.24, 2.45) is 0 Å². The molecule has 5 heteroatoms. The van der Waals surface area contributed by atoms with E-state index >= 15 is 0 Å². The molecule has 1 atom stereocenters. The highest BCUT2D eigenvalue weighted by Crippen LogP contribution is 2.21. The third-order valence-electron chi connectivity index (χ3n) is 3.92. The second-order valence-electron chi connectivity index (χ2n) is 5.49. The smallest absolute Gasteiger partial charge is 0.137 e. The van der Waals surface area contributed by atoms with Gasteiger partial charge in [0.2, 0.25) is 0 Å². The quantitative estimate of drug-likeness (QED) is 0.886. The van der Waals surface area contributed by atoms with E-state index in [-0.39, 0.29) is 11.9 Å². The largest absolute Gasteiger partial charge is 0.309 e. The highest BCUT2D eigenvalue weighted by molar-refractivity contribution is 9.10. The molecule has 1 aliphatic heterocycles. The molecule has 0 aromatic heterocycles. The molecule has 2 rings (SSSR count). The van der Waals surface area contributed by atoms with Crippen molar-refractivity contribution in [3.63, 3.8) is 0 Å². The van der Waals surface area contributed by atoms with Gasteiger partial charge in [0.1, 0.15) is 5.82 Å². The second kappa shape index (κ2) is 7.50. The van der Waals surface area contributed by atoms with Gasteiger partial charge in [0.25, 0.3) is 0 Å². The van der Waals surface area contributed by atoms with Crippen LogP contribution in [-0.2, 0) is 0 Å². The van der Waals surface area contributed by atoms with Gasteiger partial charge in [0, 0.05) is 45.3 Å². The summed E-state index contributed by atoms with van der Waals surface area (Å²) in [6, 6.07) is 5.44. The molecule has 1 aromatic carbocycles. The highest BCUT2D eigenvalue weighted by Gasteiger charge is 2.13. The Bertz CT molecular complexity index is 433. The monoisotopic (exact) mass is 343 g/mol. The first kappa shape index (κ1) is 15.9. The minimum absolute atomic E-state index is 0.210. The van der Waals surface area contributed by atoms with Gasteiger partial charge in [-0.15, -0.1) is 0 Å². The Hall–Kier alpha value is -0.490. The van der Waals surface area contributed by atoms with Crippen molar-refractivity contribution in [2.45, 2.75) is 13.0 Å². The fraction of sp³-hybridized carbons (Fsp3) is 0.600. The van der Waals surface area contributed by atoms with Crippen LogP contribution < -0.4 is 5.32 Å². The van der Waals surface area contributed by atoms with E-state index in [1.165, 1.54) is 6.07 Å². The molecular formula is C15H23BrFN3. The summed E-state index contributed by atoms with van der Waals surface area (Å²) >= 11 is 3.24. The zero-order chi connectivity index (χ0) is 14.5. The van der Waals surface area contributed by atoms with Gasteiger partial charge in [-0.25, -0.2) is 4.39 Å². The highest BCUT2D eigenvalue weighted by atomic mass is 79.9. The van der Waals surface area contributed by atoms with Crippen LogP contribution in [0.4, 0.5) is 4.39 Å². The van der Waals surface area contributed by atoms with E-state index in [1.54, 1.807) is 0 Å². The summed E-state index contributed by atoms with van der Waals surface area (Å²) in [5.74, 6) is -0.210. The van der Waals surface area contributed by atoms with Crippen molar-refractivity contribution in [2.75, 3.05) is 46.3 Å². The Morgan fingerprint density at radius 2 is 2.00 bits per heavy atom. The first-order valence-electron chi connectivity index (χ1n) is 7.15. The maximum atomic E-state index is 13.2. The van der Waals surface area contributed by atoms with Crippen molar-refractivity contribution in [3.8, 4) is 0 Å². The van der Waals surface area contributed by atoms with Gasteiger partial charge in [0.05, 0.1) is 4.47 Å². The Labute approximate surface area is 129 Å². The number of benzene rings is 1. The Morgan fingerprint density at radius 3 is 2.65 bits per heavy atom. The van der Waals surface area contributed by atoms with Crippen molar-refractivity contribution in [1.29, 1.82) is 0 Å². The summed E-state index contributed by atoms with van der Waals surface area (Å²) in [5.41, 5.74) is 1.11. The van der Waals surface area contributed by atoms with Gasteiger partial charge < -0.3 is 10.2 Å². The molecule has 0 amide bonds. The fourth-order valence-electron chi connectivity index (χ4n) is 2.41. The number of rotatable bonds is 5. The maximum Gasteiger partial charge on any atom is 0.137 e. The summed E-state index contributed by atoms with van der Waals surface area (Å²) in [7, 11) is 2.17. The van der Waals surface area contributed by atoms with Crippen LogP contribution >= 0.6 is 15.9 Å². The predicted molar refractivity (Wildman–Crippen MR) is 84.5 cm³/mol. The molecule has 0 spiro atoms. The Kier molecular flexibility index (Phi) is 5.96. The first-order valence-corrected chi connectivity index (χ1v) is 7.95. The zero-order valence-corrected chi connectivity index (χ0v) is 13.8. The lowest BCUT2D eigenvalue weighted by Gasteiger charge is -2.32. The molecule has 20 heavy (non-hydrogen) atoms. The normalized spacial score (nSPS) is 19.2. The summed E-state index contributed by atoms with van der Waals surface area (Å²) in [6.07, 6.45) is 0. The van der Waals surface area contributed by atoms with E-state index in [0.29, 0.717) is 4.47 Å². The lowest BCUT2D eigenvalue weighted by Crippen LogP contribution is -2.46. The fourth-order valence-corrected chi connectivity index (χ4v) is 2.81. The van der Waals surface area contributed by atoms with E-state index < -0.39 is 0 Å². The van der Waals surface area contributed by atoms with Gasteiger partial charge in [-0.3, -0.25) is 4.90 Å². The van der Waals surface area contributed by atoms with Gasteiger partial charge >= 0.3 is 0 Å². The zero-order valence-electron chi connectivity index (χ0n) is 12.2. The van der Waals surface area contributed by atoms with Gasteiger partial charge in [-0.05, 0) is 47.6 Å². The number of piperazine rings is 1. The van der Waals surface area contributed by atoms with Crippen LogP contribution in [0, 0.1) is 5.82 Å². The van der Waals surface area contributed by atoms with E-state index in [0.717, 1.165) is 44.8 Å². The molecule has 1 fully saturated rings. The molecule has 1 unspecified atom stereocenters. The molecule has 1 N–H and O–H groups in total. The van der Waals surface area contributed by atoms with Crippen molar-refractivity contribution in [1.82, 2.24) is 15.1 Å². The summed E-state index contributed by atoms with van der Waals surface area (Å²) in [5, 5.41) is 3.51. The minimum Gasteiger partial charge on any atom is -0.309 e.